The third-order valence-electron chi connectivity index (χ3n) is 8.55. The largest absolute Gasteiger partial charge is 0.490 e. The molecular formula is C45H62N2O6. The van der Waals surface area contributed by atoms with E-state index in [9.17, 15) is 20.1 Å². The van der Waals surface area contributed by atoms with Gasteiger partial charge >= 0.3 is 0 Å². The molecule has 2 aromatic carbocycles. The number of carbonyl (C=O) groups is 2. The van der Waals surface area contributed by atoms with Crippen LogP contribution in [0.2, 0.25) is 0 Å². The van der Waals surface area contributed by atoms with Gasteiger partial charge < -0.3 is 18.9 Å². The number of nitrogens with zero attached hydrogens (tertiary/aromatic N) is 2. The minimum atomic E-state index is -0.625. The summed E-state index contributed by atoms with van der Waals surface area (Å²) < 4.78 is 23.7. The number of Topliss-reactive ketones (excluding diaryl/α,β-unsaturated/α-hetero) is 2. The molecular weight excluding hydrogens is 665 g/mol. The van der Waals surface area contributed by atoms with E-state index in [1.54, 1.807) is 12.2 Å². The summed E-state index contributed by atoms with van der Waals surface area (Å²) in [5, 5.41) is 19.1. The zero-order valence-corrected chi connectivity index (χ0v) is 33.6. The molecule has 2 aromatic rings. The molecule has 0 atom stereocenters. The van der Waals surface area contributed by atoms with E-state index in [-0.39, 0.29) is 22.7 Å². The van der Waals surface area contributed by atoms with E-state index in [2.05, 4.69) is 0 Å². The van der Waals surface area contributed by atoms with Crippen molar-refractivity contribution >= 4 is 23.7 Å². The van der Waals surface area contributed by atoms with Crippen LogP contribution < -0.4 is 18.9 Å². The van der Waals surface area contributed by atoms with E-state index in [0.717, 1.165) is 36.8 Å². The highest BCUT2D eigenvalue weighted by Crippen LogP contribution is 2.32. The van der Waals surface area contributed by atoms with Gasteiger partial charge in [-0.2, -0.15) is 10.5 Å². The Balaban J connectivity index is 1.62. The summed E-state index contributed by atoms with van der Waals surface area (Å²) in [6.07, 6.45) is 16.0. The Labute approximate surface area is 319 Å². The molecule has 0 aliphatic heterocycles. The number of hydrogen-bond donors (Lipinski definition) is 0. The van der Waals surface area contributed by atoms with Crippen LogP contribution in [0.25, 0.3) is 12.2 Å². The highest BCUT2D eigenvalue weighted by atomic mass is 16.5. The minimum Gasteiger partial charge on any atom is -0.490 e. The second-order valence-corrected chi connectivity index (χ2v) is 15.4. The summed E-state index contributed by atoms with van der Waals surface area (Å²) in [6.45, 7) is 16.9. The van der Waals surface area contributed by atoms with E-state index >= 15 is 0 Å². The fourth-order valence-corrected chi connectivity index (χ4v) is 5.60. The molecule has 0 saturated carbocycles. The zero-order valence-electron chi connectivity index (χ0n) is 33.6. The van der Waals surface area contributed by atoms with Crippen LogP contribution in [-0.4, -0.2) is 38.0 Å². The molecule has 0 heterocycles. The van der Waals surface area contributed by atoms with Crippen molar-refractivity contribution in [1.29, 1.82) is 10.5 Å². The summed E-state index contributed by atoms with van der Waals surface area (Å²) in [5.74, 6) is 2.21. The smallest absolute Gasteiger partial charge is 0.178 e. The molecule has 0 aliphatic rings. The van der Waals surface area contributed by atoms with Gasteiger partial charge in [-0.15, -0.1) is 0 Å². The van der Waals surface area contributed by atoms with Crippen molar-refractivity contribution in [1.82, 2.24) is 0 Å². The van der Waals surface area contributed by atoms with Crippen molar-refractivity contribution in [3.63, 3.8) is 0 Å². The lowest BCUT2D eigenvalue weighted by Crippen LogP contribution is -2.21. The van der Waals surface area contributed by atoms with E-state index in [1.165, 1.54) is 44.9 Å². The molecule has 0 aromatic heterocycles. The average Bonchev–Trinajstić information content (AvgIpc) is 3.11. The molecule has 53 heavy (non-hydrogen) atoms. The highest BCUT2D eigenvalue weighted by Gasteiger charge is 2.26. The van der Waals surface area contributed by atoms with Gasteiger partial charge in [0.15, 0.2) is 34.6 Å². The molecule has 0 unspecified atom stereocenters. The molecule has 0 bridgehead atoms. The Kier molecular flexibility index (Phi) is 19.5. The first-order valence-electron chi connectivity index (χ1n) is 19.4. The SMILES string of the molecule is CCOc1cc(C=C(C#N)C(=O)C(C)(C)C)ccc1OCCCCCCCCCCCCCOc1ccc(C=C(C#N)C(=O)C(C)(C)C)cc1OCC. The molecule has 2 rings (SSSR count). The molecule has 0 spiro atoms. The second-order valence-electron chi connectivity index (χ2n) is 15.4. The van der Waals surface area contributed by atoms with Crippen molar-refractivity contribution in [3.8, 4) is 35.1 Å². The highest BCUT2D eigenvalue weighted by molar-refractivity contribution is 6.06. The average molecular weight is 727 g/mol. The number of rotatable bonds is 24. The first-order valence-corrected chi connectivity index (χ1v) is 19.4. The van der Waals surface area contributed by atoms with Gasteiger partial charge in [0.2, 0.25) is 0 Å². The van der Waals surface area contributed by atoms with Gasteiger partial charge in [0, 0.05) is 10.8 Å². The monoisotopic (exact) mass is 726 g/mol. The van der Waals surface area contributed by atoms with Crippen molar-refractivity contribution in [3.05, 3.63) is 58.7 Å². The van der Waals surface area contributed by atoms with Crippen LogP contribution in [0.5, 0.6) is 23.0 Å². The summed E-state index contributed by atoms with van der Waals surface area (Å²) in [7, 11) is 0. The second kappa shape index (κ2) is 23.2. The van der Waals surface area contributed by atoms with E-state index in [1.807, 2.05) is 104 Å². The van der Waals surface area contributed by atoms with Crippen molar-refractivity contribution in [2.75, 3.05) is 26.4 Å². The molecule has 0 N–H and O–H groups in total. The number of benzene rings is 2. The number of carbonyl (C=O) groups excluding carboxylic acids is 2. The lowest BCUT2D eigenvalue weighted by Gasteiger charge is -2.16. The molecule has 0 saturated heterocycles. The quantitative estimate of drug-likeness (QED) is 0.0596. The van der Waals surface area contributed by atoms with Crippen molar-refractivity contribution in [2.45, 2.75) is 126 Å². The maximum atomic E-state index is 12.6. The van der Waals surface area contributed by atoms with E-state index in [4.69, 9.17) is 18.9 Å². The molecule has 0 radical (unpaired) electrons. The number of hydrogen-bond acceptors (Lipinski definition) is 8. The first kappa shape index (κ1) is 44.6. The summed E-state index contributed by atoms with van der Waals surface area (Å²) in [5.41, 5.74) is 0.478. The summed E-state index contributed by atoms with van der Waals surface area (Å²) >= 11 is 0. The molecule has 0 amide bonds. The van der Waals surface area contributed by atoms with Crippen molar-refractivity contribution in [2.24, 2.45) is 10.8 Å². The van der Waals surface area contributed by atoms with Gasteiger partial charge in [-0.1, -0.05) is 111 Å². The Hall–Kier alpha value is -4.56. The topological polar surface area (TPSA) is 119 Å². The van der Waals surface area contributed by atoms with Crippen LogP contribution in [0.4, 0.5) is 0 Å². The lowest BCUT2D eigenvalue weighted by atomic mass is 9.86. The Morgan fingerprint density at radius 3 is 1.13 bits per heavy atom. The fraction of sp³-hybridized carbons (Fsp3) is 0.556. The molecule has 0 aliphatic carbocycles. The Morgan fingerprint density at radius 2 is 0.849 bits per heavy atom. The van der Waals surface area contributed by atoms with Gasteiger partial charge in [0.05, 0.1) is 37.6 Å². The van der Waals surface area contributed by atoms with Gasteiger partial charge in [-0.25, -0.2) is 0 Å². The third-order valence-corrected chi connectivity index (χ3v) is 8.55. The number of unbranched alkanes of at least 4 members (excludes halogenated alkanes) is 10. The van der Waals surface area contributed by atoms with Crippen LogP contribution in [0, 0.1) is 33.5 Å². The fourth-order valence-electron chi connectivity index (χ4n) is 5.60. The van der Waals surface area contributed by atoms with Gasteiger partial charge in [0.25, 0.3) is 0 Å². The maximum absolute atomic E-state index is 12.6. The van der Waals surface area contributed by atoms with Crippen LogP contribution in [-0.2, 0) is 9.59 Å². The zero-order chi connectivity index (χ0) is 39.3. The predicted molar refractivity (Wildman–Crippen MR) is 213 cm³/mol. The van der Waals surface area contributed by atoms with Gasteiger partial charge in [0.1, 0.15) is 12.1 Å². The van der Waals surface area contributed by atoms with Crippen LogP contribution in [0.1, 0.15) is 137 Å². The minimum absolute atomic E-state index is 0.131. The van der Waals surface area contributed by atoms with Crippen LogP contribution in [0.15, 0.2) is 47.5 Å². The summed E-state index contributed by atoms with van der Waals surface area (Å²) in [4.78, 5) is 25.2. The molecule has 8 heteroatoms. The predicted octanol–water partition coefficient (Wildman–Crippen LogP) is 11.3. The normalized spacial score (nSPS) is 12.1. The number of allylic oxidation sites excluding steroid dienone is 2. The standard InChI is InChI=1S/C45H62N2O6/c1-9-50-40-30-34(28-36(32-46)42(48)44(3,4)5)22-24-38(40)52-26-20-18-16-14-12-11-13-15-17-19-21-27-53-39-25-23-35(31-41(39)51-10-2)29-37(33-47)43(49)45(6,7)8/h22-25,28-31H,9-21,26-27H2,1-8H3. The van der Waals surface area contributed by atoms with Gasteiger partial charge in [-0.3, -0.25) is 9.59 Å². The van der Waals surface area contributed by atoms with Crippen LogP contribution in [0.3, 0.4) is 0 Å². The molecule has 288 valence electrons. The first-order chi connectivity index (χ1) is 25.2. The Morgan fingerprint density at radius 1 is 0.528 bits per heavy atom. The number of ether oxygens (including phenoxy) is 4. The third kappa shape index (κ3) is 16.3. The van der Waals surface area contributed by atoms with Crippen LogP contribution >= 0.6 is 0 Å². The number of nitriles is 2. The molecule has 8 nitrogen and oxygen atoms in total. The van der Waals surface area contributed by atoms with Gasteiger partial charge in [-0.05, 0) is 74.2 Å². The van der Waals surface area contributed by atoms with E-state index < -0.39 is 10.8 Å². The van der Waals surface area contributed by atoms with E-state index in [0.29, 0.717) is 49.4 Å². The number of ketones is 2. The summed E-state index contributed by atoms with van der Waals surface area (Å²) in [6, 6.07) is 15.1. The maximum Gasteiger partial charge on any atom is 0.178 e. The Bertz CT molecular complexity index is 1490. The lowest BCUT2D eigenvalue weighted by molar-refractivity contribution is -0.122. The molecule has 0 fully saturated rings. The van der Waals surface area contributed by atoms with Crippen molar-refractivity contribution < 1.29 is 28.5 Å².